The number of H-pyrrole nitrogens is 1. The average molecular weight is 533 g/mol. The van der Waals surface area contributed by atoms with Gasteiger partial charge in [0, 0.05) is 23.0 Å². The molecule has 1 fully saturated rings. The Hall–Kier alpha value is -4.67. The van der Waals surface area contributed by atoms with Crippen molar-refractivity contribution in [2.24, 2.45) is 5.41 Å². The van der Waals surface area contributed by atoms with Crippen LogP contribution in [0.1, 0.15) is 31.1 Å². The Balaban J connectivity index is 1.32. The van der Waals surface area contributed by atoms with Gasteiger partial charge < -0.3 is 30.4 Å². The Morgan fingerprint density at radius 3 is 2.67 bits per heavy atom. The highest BCUT2D eigenvalue weighted by Crippen LogP contribution is 2.35. The van der Waals surface area contributed by atoms with Crippen LogP contribution in [0.25, 0.3) is 22.3 Å². The van der Waals surface area contributed by atoms with E-state index in [1.54, 1.807) is 36.7 Å². The number of ether oxygens (including phenoxy) is 1. The standard InChI is InChI=1S/C28H29FN6O4/c1-28(2,3)25-22(14-35(25)27(37)38)34-26(36)15-5-7-19(23(11-15)39-4)32-24-13-30-12-21(33-24)20-10-16-9-17(29)6-8-18(16)31-20/h5-13,22,25,31H,14H2,1-4H3,(H,32,33)(H,34,36)(H,37,38). The first-order chi connectivity index (χ1) is 18.5. The molecule has 1 aliphatic rings. The number of carbonyl (C=O) groups excluding carboxylic acids is 1. The molecule has 202 valence electrons. The number of halogens is 1. The van der Waals surface area contributed by atoms with Crippen molar-refractivity contribution < 1.29 is 23.8 Å². The number of nitrogens with zero attached hydrogens (tertiary/aromatic N) is 3. The molecule has 1 aliphatic heterocycles. The number of aromatic amines is 1. The molecule has 2 unspecified atom stereocenters. The molecule has 0 bridgehead atoms. The fraction of sp³-hybridized carbons (Fsp3) is 0.286. The van der Waals surface area contributed by atoms with E-state index in [2.05, 4.69) is 25.6 Å². The molecule has 11 heteroatoms. The fourth-order valence-corrected chi connectivity index (χ4v) is 5.02. The third-order valence-electron chi connectivity index (χ3n) is 6.78. The van der Waals surface area contributed by atoms with Crippen LogP contribution in [0.3, 0.4) is 0 Å². The van der Waals surface area contributed by atoms with Gasteiger partial charge in [0.05, 0.1) is 43.0 Å². The zero-order chi connectivity index (χ0) is 27.9. The highest BCUT2D eigenvalue weighted by atomic mass is 19.1. The van der Waals surface area contributed by atoms with Crippen LogP contribution < -0.4 is 15.4 Å². The van der Waals surface area contributed by atoms with Gasteiger partial charge >= 0.3 is 6.09 Å². The molecule has 5 rings (SSSR count). The smallest absolute Gasteiger partial charge is 0.407 e. The first-order valence-electron chi connectivity index (χ1n) is 12.4. The minimum atomic E-state index is -0.997. The van der Waals surface area contributed by atoms with Crippen molar-refractivity contribution in [3.8, 4) is 17.1 Å². The zero-order valence-corrected chi connectivity index (χ0v) is 21.9. The molecule has 0 spiro atoms. The number of hydrogen-bond donors (Lipinski definition) is 4. The number of aromatic nitrogens is 3. The van der Waals surface area contributed by atoms with E-state index < -0.39 is 6.09 Å². The number of likely N-dealkylation sites (tertiary alicyclic amines) is 1. The van der Waals surface area contributed by atoms with Gasteiger partial charge in [0.15, 0.2) is 0 Å². The lowest BCUT2D eigenvalue weighted by molar-refractivity contribution is -0.0107. The number of methoxy groups -OCH3 is 1. The lowest BCUT2D eigenvalue weighted by Crippen LogP contribution is -2.71. The minimum Gasteiger partial charge on any atom is -0.495 e. The van der Waals surface area contributed by atoms with Crippen molar-refractivity contribution >= 4 is 34.4 Å². The van der Waals surface area contributed by atoms with Crippen LogP contribution in [0, 0.1) is 11.2 Å². The third-order valence-corrected chi connectivity index (χ3v) is 6.78. The molecule has 10 nitrogen and oxygen atoms in total. The van der Waals surface area contributed by atoms with Gasteiger partial charge in [-0.2, -0.15) is 0 Å². The highest BCUT2D eigenvalue weighted by Gasteiger charge is 2.49. The van der Waals surface area contributed by atoms with Crippen LogP contribution in [-0.4, -0.2) is 62.7 Å². The van der Waals surface area contributed by atoms with E-state index in [0.717, 1.165) is 10.9 Å². The fourth-order valence-electron chi connectivity index (χ4n) is 5.02. The van der Waals surface area contributed by atoms with E-state index in [9.17, 15) is 19.1 Å². The van der Waals surface area contributed by atoms with Crippen LogP contribution in [0.2, 0.25) is 0 Å². The Bertz CT molecular complexity index is 1560. The number of amides is 2. The second kappa shape index (κ2) is 9.90. The zero-order valence-electron chi connectivity index (χ0n) is 21.9. The van der Waals surface area contributed by atoms with Gasteiger partial charge in [0.1, 0.15) is 23.1 Å². The van der Waals surface area contributed by atoms with E-state index in [1.165, 1.54) is 24.1 Å². The summed E-state index contributed by atoms with van der Waals surface area (Å²) in [6.07, 6.45) is 2.17. The van der Waals surface area contributed by atoms with E-state index in [4.69, 9.17) is 4.74 Å². The normalized spacial score (nSPS) is 17.0. The molecule has 3 heterocycles. The predicted molar refractivity (Wildman–Crippen MR) is 145 cm³/mol. The summed E-state index contributed by atoms with van der Waals surface area (Å²) in [6.45, 7) is 6.09. The summed E-state index contributed by atoms with van der Waals surface area (Å²) >= 11 is 0. The molecule has 1 saturated heterocycles. The van der Waals surface area contributed by atoms with Crippen LogP contribution >= 0.6 is 0 Å². The number of carbonyl (C=O) groups is 2. The lowest BCUT2D eigenvalue weighted by atomic mass is 9.76. The van der Waals surface area contributed by atoms with E-state index >= 15 is 0 Å². The van der Waals surface area contributed by atoms with Crippen molar-refractivity contribution in [1.82, 2.24) is 25.2 Å². The summed E-state index contributed by atoms with van der Waals surface area (Å²) in [5.41, 5.74) is 2.66. The molecule has 2 aromatic heterocycles. The monoisotopic (exact) mass is 532 g/mol. The Morgan fingerprint density at radius 1 is 1.15 bits per heavy atom. The van der Waals surface area contributed by atoms with Gasteiger partial charge in [-0.15, -0.1) is 0 Å². The molecule has 0 saturated carbocycles. The summed E-state index contributed by atoms with van der Waals surface area (Å²) in [6, 6.07) is 10.7. The molecule has 39 heavy (non-hydrogen) atoms. The number of carboxylic acid groups (broad SMARTS) is 1. The largest absolute Gasteiger partial charge is 0.495 e. The summed E-state index contributed by atoms with van der Waals surface area (Å²) in [4.78, 5) is 38.0. The summed E-state index contributed by atoms with van der Waals surface area (Å²) < 4.78 is 19.1. The predicted octanol–water partition coefficient (Wildman–Crippen LogP) is 5.02. The Labute approximate surface area is 224 Å². The van der Waals surface area contributed by atoms with Gasteiger partial charge in [-0.05, 0) is 47.9 Å². The maximum atomic E-state index is 13.6. The number of rotatable bonds is 6. The first kappa shape index (κ1) is 26.0. The van der Waals surface area contributed by atoms with Crippen LogP contribution in [0.5, 0.6) is 5.75 Å². The van der Waals surface area contributed by atoms with E-state index in [0.29, 0.717) is 34.2 Å². The molecule has 2 atom stereocenters. The number of nitrogens with one attached hydrogen (secondary N) is 3. The van der Waals surface area contributed by atoms with Crippen molar-refractivity contribution in [2.75, 3.05) is 19.0 Å². The number of anilines is 2. The molecule has 4 aromatic rings. The van der Waals surface area contributed by atoms with E-state index in [1.807, 2.05) is 26.8 Å². The maximum absolute atomic E-state index is 13.6. The second-order valence-corrected chi connectivity index (χ2v) is 10.6. The van der Waals surface area contributed by atoms with E-state index in [-0.39, 0.29) is 35.8 Å². The molecule has 0 aliphatic carbocycles. The molecule has 2 aromatic carbocycles. The van der Waals surface area contributed by atoms with Gasteiger partial charge in [0.2, 0.25) is 0 Å². The quantitative estimate of drug-likeness (QED) is 0.274. The number of hydrogen-bond acceptors (Lipinski definition) is 6. The van der Waals surface area contributed by atoms with Crippen molar-refractivity contribution in [2.45, 2.75) is 32.9 Å². The van der Waals surface area contributed by atoms with Crippen LogP contribution in [-0.2, 0) is 0 Å². The van der Waals surface area contributed by atoms with Gasteiger partial charge in [-0.3, -0.25) is 9.78 Å². The lowest BCUT2D eigenvalue weighted by Gasteiger charge is -2.52. The van der Waals surface area contributed by atoms with Crippen molar-refractivity contribution in [3.05, 3.63) is 66.2 Å². The summed E-state index contributed by atoms with van der Waals surface area (Å²) in [7, 11) is 1.50. The van der Waals surface area contributed by atoms with Crippen molar-refractivity contribution in [1.29, 1.82) is 0 Å². The highest BCUT2D eigenvalue weighted by molar-refractivity contribution is 5.96. The average Bonchev–Trinajstić information content (AvgIpc) is 3.28. The van der Waals surface area contributed by atoms with Crippen molar-refractivity contribution in [3.63, 3.8) is 0 Å². The Morgan fingerprint density at radius 2 is 1.95 bits per heavy atom. The molecule has 2 amide bonds. The summed E-state index contributed by atoms with van der Waals surface area (Å²) in [5, 5.41) is 16.3. The number of benzene rings is 2. The third kappa shape index (κ3) is 5.20. The maximum Gasteiger partial charge on any atom is 0.407 e. The first-order valence-corrected chi connectivity index (χ1v) is 12.4. The molecular weight excluding hydrogens is 503 g/mol. The molecular formula is C28H29FN6O4. The second-order valence-electron chi connectivity index (χ2n) is 10.6. The Kier molecular flexibility index (Phi) is 6.59. The number of fused-ring (bicyclic) bond motifs is 1. The van der Waals surface area contributed by atoms with Crippen LogP contribution in [0.4, 0.5) is 20.7 Å². The van der Waals surface area contributed by atoms with Crippen LogP contribution in [0.15, 0.2) is 54.9 Å². The SMILES string of the molecule is COc1cc(C(=O)NC2CN(C(=O)O)C2C(C)(C)C)ccc1Nc1cncc(-c2cc3cc(F)ccc3[nH]2)n1. The summed E-state index contributed by atoms with van der Waals surface area (Å²) in [5.74, 6) is 0.233. The van der Waals surface area contributed by atoms with Gasteiger partial charge in [-0.1, -0.05) is 20.8 Å². The minimum absolute atomic E-state index is 0.236. The topological polar surface area (TPSA) is 132 Å². The van der Waals surface area contributed by atoms with Gasteiger partial charge in [0.25, 0.3) is 5.91 Å². The molecule has 4 N–H and O–H groups in total. The molecule has 0 radical (unpaired) electrons. The van der Waals surface area contributed by atoms with Gasteiger partial charge in [-0.25, -0.2) is 14.2 Å².